The Labute approximate surface area is 115 Å². The minimum Gasteiger partial charge on any atom is -0.368 e. The summed E-state index contributed by atoms with van der Waals surface area (Å²) in [6, 6.07) is 9.19. The molecule has 0 saturated heterocycles. The van der Waals surface area contributed by atoms with E-state index in [9.17, 15) is 9.90 Å². The van der Waals surface area contributed by atoms with Gasteiger partial charge >= 0.3 is 0 Å². The molecule has 19 heavy (non-hydrogen) atoms. The van der Waals surface area contributed by atoms with Crippen molar-refractivity contribution < 1.29 is 9.90 Å². The Balaban J connectivity index is 1.85. The Hall–Kier alpha value is -1.69. The van der Waals surface area contributed by atoms with Crippen molar-refractivity contribution in [3.05, 3.63) is 57.8 Å². The van der Waals surface area contributed by atoms with Crippen molar-refractivity contribution in [1.82, 2.24) is 10.0 Å². The van der Waals surface area contributed by atoms with Gasteiger partial charge in [-0.1, -0.05) is 18.2 Å². The van der Waals surface area contributed by atoms with Crippen LogP contribution in [0.25, 0.3) is 0 Å². The summed E-state index contributed by atoms with van der Waals surface area (Å²) in [5.41, 5.74) is 2.38. The van der Waals surface area contributed by atoms with Crippen molar-refractivity contribution >= 4 is 17.2 Å². The van der Waals surface area contributed by atoms with Crippen molar-refractivity contribution in [3.8, 4) is 0 Å². The first kappa shape index (κ1) is 12.3. The third-order valence-electron chi connectivity index (χ3n) is 3.27. The highest BCUT2D eigenvalue weighted by molar-refractivity contribution is 7.07. The molecule has 1 unspecified atom stereocenters. The third kappa shape index (κ3) is 2.06. The Kier molecular flexibility index (Phi) is 3.10. The number of fused-ring (bicyclic) bond motifs is 1. The summed E-state index contributed by atoms with van der Waals surface area (Å²) >= 11 is 1.62. The molecule has 0 spiro atoms. The van der Waals surface area contributed by atoms with Crippen LogP contribution in [0, 0.1) is 0 Å². The van der Waals surface area contributed by atoms with E-state index in [1.807, 2.05) is 36.0 Å². The molecule has 3 rings (SSSR count). The number of amides is 1. The van der Waals surface area contributed by atoms with Gasteiger partial charge < -0.3 is 5.11 Å². The highest BCUT2D eigenvalue weighted by Crippen LogP contribution is 2.32. The van der Waals surface area contributed by atoms with Crippen LogP contribution >= 0.6 is 11.3 Å². The van der Waals surface area contributed by atoms with E-state index in [1.54, 1.807) is 28.5 Å². The molecule has 2 aromatic rings. The van der Waals surface area contributed by atoms with Crippen molar-refractivity contribution in [2.24, 2.45) is 0 Å². The standard InChI is InChI=1S/C14H14N2O2S/c1-15(8-10-6-7-19-9-10)16-13(17)11-4-2-3-5-12(11)14(16)18/h2-7,9,13,17H,8H2,1H3. The molecule has 1 aromatic heterocycles. The maximum atomic E-state index is 12.3. The molecule has 1 N–H and O–H groups in total. The number of aliphatic hydroxyl groups is 1. The van der Waals surface area contributed by atoms with E-state index in [-0.39, 0.29) is 5.91 Å². The molecule has 1 aromatic carbocycles. The SMILES string of the molecule is CN(Cc1ccsc1)N1C(=O)c2ccccc2C1O. The number of hydrazine groups is 1. The summed E-state index contributed by atoms with van der Waals surface area (Å²) < 4.78 is 0. The number of hydrogen-bond acceptors (Lipinski definition) is 4. The second-order valence-corrected chi connectivity index (χ2v) is 5.34. The van der Waals surface area contributed by atoms with Crippen LogP contribution in [0.1, 0.15) is 27.7 Å². The molecule has 1 atom stereocenters. The Morgan fingerprint density at radius 2 is 2.16 bits per heavy atom. The first-order valence-electron chi connectivity index (χ1n) is 6.01. The summed E-state index contributed by atoms with van der Waals surface area (Å²) in [6.45, 7) is 0.598. The molecule has 1 amide bonds. The van der Waals surface area contributed by atoms with E-state index in [4.69, 9.17) is 0 Å². The first-order valence-corrected chi connectivity index (χ1v) is 6.95. The van der Waals surface area contributed by atoms with Crippen molar-refractivity contribution in [2.45, 2.75) is 12.8 Å². The first-order chi connectivity index (χ1) is 9.18. The Bertz CT molecular complexity index is 597. The summed E-state index contributed by atoms with van der Waals surface area (Å²) in [6.07, 6.45) is -0.896. The predicted molar refractivity (Wildman–Crippen MR) is 73.4 cm³/mol. The topological polar surface area (TPSA) is 43.8 Å². The van der Waals surface area contributed by atoms with Crippen molar-refractivity contribution in [3.63, 3.8) is 0 Å². The summed E-state index contributed by atoms with van der Waals surface area (Å²) in [4.78, 5) is 12.3. The van der Waals surface area contributed by atoms with E-state index >= 15 is 0 Å². The molecule has 0 bridgehead atoms. The molecule has 98 valence electrons. The van der Waals surface area contributed by atoms with Crippen molar-refractivity contribution in [2.75, 3.05) is 7.05 Å². The van der Waals surface area contributed by atoms with Gasteiger partial charge in [0.05, 0.1) is 0 Å². The second-order valence-electron chi connectivity index (χ2n) is 4.56. The lowest BCUT2D eigenvalue weighted by atomic mass is 10.1. The van der Waals surface area contributed by atoms with Crippen LogP contribution < -0.4 is 0 Å². The summed E-state index contributed by atoms with van der Waals surface area (Å²) in [7, 11) is 1.81. The molecule has 1 aliphatic heterocycles. The minimum atomic E-state index is -0.896. The molecule has 1 aliphatic rings. The van der Waals surface area contributed by atoms with Gasteiger partial charge in [-0.2, -0.15) is 11.3 Å². The molecule has 0 radical (unpaired) electrons. The lowest BCUT2D eigenvalue weighted by molar-refractivity contribution is -0.0939. The summed E-state index contributed by atoms with van der Waals surface area (Å²) in [5, 5.41) is 17.5. The molecule has 4 nitrogen and oxygen atoms in total. The van der Waals surface area contributed by atoms with E-state index in [0.717, 1.165) is 5.56 Å². The molecule has 0 fully saturated rings. The van der Waals surface area contributed by atoms with E-state index in [2.05, 4.69) is 0 Å². The van der Waals surface area contributed by atoms with E-state index in [1.165, 1.54) is 5.01 Å². The van der Waals surface area contributed by atoms with Crippen LogP contribution in [0.3, 0.4) is 0 Å². The molecular formula is C14H14N2O2S. The Morgan fingerprint density at radius 3 is 2.84 bits per heavy atom. The molecule has 0 aliphatic carbocycles. The van der Waals surface area contributed by atoms with Crippen LogP contribution in [0.15, 0.2) is 41.1 Å². The number of carbonyl (C=O) groups excluding carboxylic acids is 1. The lowest BCUT2D eigenvalue weighted by Crippen LogP contribution is -2.41. The maximum absolute atomic E-state index is 12.3. The molecule has 5 heteroatoms. The molecule has 0 saturated carbocycles. The summed E-state index contributed by atoms with van der Waals surface area (Å²) in [5.74, 6) is -0.152. The van der Waals surface area contributed by atoms with Gasteiger partial charge in [-0.3, -0.25) is 4.79 Å². The average molecular weight is 274 g/mol. The van der Waals surface area contributed by atoms with Gasteiger partial charge in [0, 0.05) is 24.7 Å². The largest absolute Gasteiger partial charge is 0.368 e. The van der Waals surface area contributed by atoms with Crippen LogP contribution in [-0.2, 0) is 6.54 Å². The van der Waals surface area contributed by atoms with Crippen LogP contribution in [0.4, 0.5) is 0 Å². The highest BCUT2D eigenvalue weighted by atomic mass is 32.1. The van der Waals surface area contributed by atoms with Gasteiger partial charge in [0.25, 0.3) is 5.91 Å². The number of benzene rings is 1. The van der Waals surface area contributed by atoms with Gasteiger partial charge in [-0.15, -0.1) is 0 Å². The van der Waals surface area contributed by atoms with Crippen LogP contribution in [-0.4, -0.2) is 28.1 Å². The van der Waals surface area contributed by atoms with Crippen molar-refractivity contribution in [1.29, 1.82) is 0 Å². The lowest BCUT2D eigenvalue weighted by Gasteiger charge is -2.30. The zero-order chi connectivity index (χ0) is 13.4. The van der Waals surface area contributed by atoms with Gasteiger partial charge in [-0.05, 0) is 28.5 Å². The monoisotopic (exact) mass is 274 g/mol. The maximum Gasteiger partial charge on any atom is 0.271 e. The van der Waals surface area contributed by atoms with E-state index < -0.39 is 6.23 Å². The number of thiophene rings is 1. The molecular weight excluding hydrogens is 260 g/mol. The van der Waals surface area contributed by atoms with Gasteiger partial charge in [0.2, 0.25) is 0 Å². The number of aliphatic hydroxyl groups excluding tert-OH is 1. The zero-order valence-electron chi connectivity index (χ0n) is 10.5. The minimum absolute atomic E-state index is 0.152. The second kappa shape index (κ2) is 4.77. The average Bonchev–Trinajstić information content (AvgIpc) is 2.99. The quantitative estimate of drug-likeness (QED) is 0.933. The van der Waals surface area contributed by atoms with Gasteiger partial charge in [0.1, 0.15) is 0 Å². The van der Waals surface area contributed by atoms with Gasteiger partial charge in [0.15, 0.2) is 6.23 Å². The van der Waals surface area contributed by atoms with Crippen LogP contribution in [0.2, 0.25) is 0 Å². The number of hydrogen-bond donors (Lipinski definition) is 1. The van der Waals surface area contributed by atoms with Gasteiger partial charge in [-0.25, -0.2) is 10.0 Å². The highest BCUT2D eigenvalue weighted by Gasteiger charge is 2.37. The van der Waals surface area contributed by atoms with Crippen LogP contribution in [0.5, 0.6) is 0 Å². The zero-order valence-corrected chi connectivity index (χ0v) is 11.3. The fourth-order valence-electron chi connectivity index (χ4n) is 2.35. The fraction of sp³-hybridized carbons (Fsp3) is 0.214. The normalized spacial score (nSPS) is 18.2. The number of rotatable bonds is 3. The predicted octanol–water partition coefficient (Wildman–Crippen LogP) is 2.24. The Morgan fingerprint density at radius 1 is 1.37 bits per heavy atom. The number of nitrogens with zero attached hydrogens (tertiary/aromatic N) is 2. The fourth-order valence-corrected chi connectivity index (χ4v) is 3.01. The number of carbonyl (C=O) groups is 1. The van der Waals surface area contributed by atoms with E-state index in [0.29, 0.717) is 17.7 Å². The smallest absolute Gasteiger partial charge is 0.271 e. The molecule has 2 heterocycles. The third-order valence-corrected chi connectivity index (χ3v) is 4.00.